The lowest BCUT2D eigenvalue weighted by Gasteiger charge is -2.33. The fourth-order valence-corrected chi connectivity index (χ4v) is 3.73. The lowest BCUT2D eigenvalue weighted by molar-refractivity contribution is -0.222. The molecule has 1 aromatic rings. The first-order valence-corrected chi connectivity index (χ1v) is 7.74. The summed E-state index contributed by atoms with van der Waals surface area (Å²) in [6.07, 6.45) is -6.53. The highest BCUT2D eigenvalue weighted by Gasteiger charge is 2.75. The molecule has 1 N–H and O–H groups in total. The van der Waals surface area contributed by atoms with Gasteiger partial charge in [0.25, 0.3) is 0 Å². The Morgan fingerprint density at radius 2 is 2.13 bits per heavy atom. The van der Waals surface area contributed by atoms with Crippen molar-refractivity contribution in [2.75, 3.05) is 0 Å². The molecule has 0 radical (unpaired) electrons. The van der Waals surface area contributed by atoms with E-state index < -0.39 is 29.6 Å². The van der Waals surface area contributed by atoms with Crippen molar-refractivity contribution in [3.63, 3.8) is 0 Å². The van der Waals surface area contributed by atoms with Crippen LogP contribution >= 0.6 is 11.6 Å². The van der Waals surface area contributed by atoms with E-state index in [4.69, 9.17) is 16.3 Å². The van der Waals surface area contributed by atoms with Crippen LogP contribution in [0, 0.1) is 11.3 Å². The van der Waals surface area contributed by atoms with E-state index in [0.717, 1.165) is 0 Å². The third-order valence-electron chi connectivity index (χ3n) is 4.59. The van der Waals surface area contributed by atoms with Gasteiger partial charge in [-0.15, -0.1) is 0 Å². The summed E-state index contributed by atoms with van der Waals surface area (Å²) in [6.45, 7) is 3.96. The van der Waals surface area contributed by atoms with Crippen LogP contribution in [0.1, 0.15) is 37.3 Å². The molecule has 0 aromatic heterocycles. The average molecular weight is 349 g/mol. The van der Waals surface area contributed by atoms with Gasteiger partial charge in [-0.1, -0.05) is 25.4 Å². The summed E-state index contributed by atoms with van der Waals surface area (Å²) in [5, 5.41) is 9.77. The summed E-state index contributed by atoms with van der Waals surface area (Å²) in [6, 6.07) is 3.09. The molecular formula is C16H16ClF3O3. The quantitative estimate of drug-likeness (QED) is 0.879. The van der Waals surface area contributed by atoms with Gasteiger partial charge in [0.15, 0.2) is 0 Å². The molecule has 0 saturated heterocycles. The lowest BCUT2D eigenvalue weighted by Crippen LogP contribution is -2.48. The van der Waals surface area contributed by atoms with Crippen LogP contribution in [0.4, 0.5) is 13.2 Å². The van der Waals surface area contributed by atoms with Gasteiger partial charge in [-0.05, 0) is 36.5 Å². The highest BCUT2D eigenvalue weighted by Crippen LogP contribution is 2.69. The van der Waals surface area contributed by atoms with E-state index >= 15 is 0 Å². The molecular weight excluding hydrogens is 333 g/mol. The topological polar surface area (TPSA) is 46.5 Å². The van der Waals surface area contributed by atoms with Gasteiger partial charge in [0, 0.05) is 16.5 Å². The zero-order valence-electron chi connectivity index (χ0n) is 12.6. The van der Waals surface area contributed by atoms with E-state index in [2.05, 4.69) is 0 Å². The van der Waals surface area contributed by atoms with Crippen molar-refractivity contribution in [2.24, 2.45) is 11.3 Å². The van der Waals surface area contributed by atoms with E-state index in [1.54, 1.807) is 6.07 Å². The summed E-state index contributed by atoms with van der Waals surface area (Å²) in [4.78, 5) is 11.5. The number of carboxylic acid groups (broad SMARTS) is 1. The molecule has 2 aliphatic rings. The van der Waals surface area contributed by atoms with Gasteiger partial charge in [0.1, 0.15) is 11.2 Å². The summed E-state index contributed by atoms with van der Waals surface area (Å²) >= 11 is 6.22. The molecule has 1 aliphatic heterocycles. The Hall–Kier alpha value is -1.43. The van der Waals surface area contributed by atoms with Gasteiger partial charge in [-0.25, -0.2) is 0 Å². The van der Waals surface area contributed by atoms with Crippen LogP contribution in [0.15, 0.2) is 12.1 Å². The number of rotatable bonds is 3. The normalized spacial score (nSPS) is 28.8. The number of benzene rings is 1. The summed E-state index contributed by atoms with van der Waals surface area (Å²) < 4.78 is 45.0. The molecule has 1 heterocycles. The fourth-order valence-electron chi connectivity index (χ4n) is 3.48. The smallest absolute Gasteiger partial charge is 0.426 e. The van der Waals surface area contributed by atoms with Crippen molar-refractivity contribution in [2.45, 2.75) is 44.9 Å². The monoisotopic (exact) mass is 348 g/mol. The molecule has 0 bridgehead atoms. The Kier molecular flexibility index (Phi) is 3.59. The highest BCUT2D eigenvalue weighted by molar-refractivity contribution is 6.31. The molecule has 23 heavy (non-hydrogen) atoms. The van der Waals surface area contributed by atoms with Gasteiger partial charge < -0.3 is 9.84 Å². The minimum atomic E-state index is -4.73. The van der Waals surface area contributed by atoms with Crippen LogP contribution in [-0.2, 0) is 11.2 Å². The third kappa shape index (κ3) is 2.47. The predicted octanol–water partition coefficient (Wildman–Crippen LogP) is 4.42. The van der Waals surface area contributed by atoms with Crippen LogP contribution < -0.4 is 4.74 Å². The summed E-state index contributed by atoms with van der Waals surface area (Å²) in [7, 11) is 0. The highest BCUT2D eigenvalue weighted by atomic mass is 35.5. The number of alkyl halides is 3. The number of fused-ring (bicyclic) bond motifs is 3. The van der Waals surface area contributed by atoms with Crippen molar-refractivity contribution in [1.82, 2.24) is 0 Å². The number of carbonyl (C=O) groups is 1. The van der Waals surface area contributed by atoms with Crippen LogP contribution in [-0.4, -0.2) is 23.4 Å². The first-order valence-electron chi connectivity index (χ1n) is 7.36. The molecule has 1 saturated carbocycles. The van der Waals surface area contributed by atoms with Gasteiger partial charge in [-0.3, -0.25) is 4.79 Å². The SMILES string of the molecule is CC(C)Cc1cc2c(cc1Cl)C1CC1(C(=O)O)[C@H](C(F)(F)F)O2. The molecule has 126 valence electrons. The number of halogens is 4. The number of hydrogen-bond donors (Lipinski definition) is 1. The maximum Gasteiger partial charge on any atom is 0.426 e. The Morgan fingerprint density at radius 1 is 1.48 bits per heavy atom. The molecule has 3 atom stereocenters. The number of aliphatic carboxylic acids is 1. The van der Waals surface area contributed by atoms with Crippen LogP contribution in [0.3, 0.4) is 0 Å². The molecule has 1 fully saturated rings. The van der Waals surface area contributed by atoms with Crippen molar-refractivity contribution >= 4 is 17.6 Å². The van der Waals surface area contributed by atoms with Crippen molar-refractivity contribution in [3.8, 4) is 5.75 Å². The molecule has 7 heteroatoms. The second-order valence-electron chi connectivity index (χ2n) is 6.72. The molecule has 1 aliphatic carbocycles. The number of ether oxygens (including phenoxy) is 1. The summed E-state index contributed by atoms with van der Waals surface area (Å²) in [5.41, 5.74) is -0.746. The average Bonchev–Trinajstić information content (AvgIpc) is 3.14. The minimum Gasteiger partial charge on any atom is -0.481 e. The first-order chi connectivity index (χ1) is 10.6. The Labute approximate surface area is 136 Å². The first kappa shape index (κ1) is 16.4. The third-order valence-corrected chi connectivity index (χ3v) is 4.95. The van der Waals surface area contributed by atoms with E-state index in [0.29, 0.717) is 22.6 Å². The number of carboxylic acids is 1. The largest absolute Gasteiger partial charge is 0.481 e. The Balaban J connectivity index is 2.07. The molecule has 0 amide bonds. The second-order valence-corrected chi connectivity index (χ2v) is 7.13. The summed E-state index contributed by atoms with van der Waals surface area (Å²) in [5.74, 6) is -1.79. The molecule has 0 spiro atoms. The predicted molar refractivity (Wildman–Crippen MR) is 77.9 cm³/mol. The van der Waals surface area contributed by atoms with E-state index in [1.807, 2.05) is 13.8 Å². The maximum atomic E-state index is 13.3. The minimum absolute atomic E-state index is 0.0840. The molecule has 3 nitrogen and oxygen atoms in total. The fraction of sp³-hybridized carbons (Fsp3) is 0.562. The maximum absolute atomic E-state index is 13.3. The van der Waals surface area contributed by atoms with Crippen molar-refractivity contribution in [1.29, 1.82) is 0 Å². The van der Waals surface area contributed by atoms with E-state index in [-0.39, 0.29) is 18.1 Å². The van der Waals surface area contributed by atoms with E-state index in [1.165, 1.54) is 6.07 Å². The molecule has 1 aromatic carbocycles. The Morgan fingerprint density at radius 3 is 2.65 bits per heavy atom. The lowest BCUT2D eigenvalue weighted by atomic mass is 9.88. The molecule has 3 rings (SSSR count). The number of hydrogen-bond acceptors (Lipinski definition) is 2. The Bertz CT molecular complexity index is 671. The van der Waals surface area contributed by atoms with Crippen LogP contribution in [0.25, 0.3) is 0 Å². The van der Waals surface area contributed by atoms with Crippen LogP contribution in [0.5, 0.6) is 5.75 Å². The van der Waals surface area contributed by atoms with E-state index in [9.17, 15) is 23.1 Å². The second kappa shape index (κ2) is 5.03. The zero-order chi connectivity index (χ0) is 17.2. The van der Waals surface area contributed by atoms with Crippen molar-refractivity contribution < 1.29 is 27.8 Å². The standard InChI is InChI=1S/C16H16ClF3O3/c1-7(2)3-8-4-12-9(5-11(8)17)10-6-15(10,14(21)22)13(23-12)16(18,19)20/h4-5,7,10,13H,3,6H2,1-2H3,(H,21,22)/t10?,13-,15?/m1/s1. The zero-order valence-corrected chi connectivity index (χ0v) is 13.3. The van der Waals surface area contributed by atoms with Crippen molar-refractivity contribution in [3.05, 3.63) is 28.3 Å². The van der Waals surface area contributed by atoms with Gasteiger partial charge in [0.2, 0.25) is 6.10 Å². The van der Waals surface area contributed by atoms with Gasteiger partial charge in [-0.2, -0.15) is 13.2 Å². The molecule has 2 unspecified atom stereocenters. The van der Waals surface area contributed by atoms with Gasteiger partial charge >= 0.3 is 12.1 Å². The van der Waals surface area contributed by atoms with Gasteiger partial charge in [0.05, 0.1) is 0 Å². The van der Waals surface area contributed by atoms with Crippen LogP contribution in [0.2, 0.25) is 5.02 Å².